The number of imide groups is 1. The number of nitrogens with one attached hydrogen (secondary N) is 1. The van der Waals surface area contributed by atoms with Gasteiger partial charge in [-0.1, -0.05) is 0 Å². The number of nitrogens with two attached hydrogens (primary N) is 1. The Kier molecular flexibility index (Phi) is 6.25. The van der Waals surface area contributed by atoms with Crippen LogP contribution in [0.2, 0.25) is 0 Å². The number of carbonyl (C=O) groups excluding carboxylic acids is 4. The second-order valence-electron chi connectivity index (χ2n) is 4.77. The minimum atomic E-state index is -1.03. The normalized spacial score (nSPS) is 11.4. The minimum absolute atomic E-state index is 0.0659. The highest BCUT2D eigenvalue weighted by Crippen LogP contribution is 2.17. The lowest BCUT2D eigenvalue weighted by molar-refractivity contribution is -0.131. The Morgan fingerprint density at radius 3 is 2.55 bits per heavy atom. The number of aldehydes is 1. The van der Waals surface area contributed by atoms with Gasteiger partial charge in [-0.15, -0.1) is 0 Å². The predicted octanol–water partition coefficient (Wildman–Crippen LogP) is 0.270. The molecular formula is C15H19N3O4. The van der Waals surface area contributed by atoms with Crippen molar-refractivity contribution in [2.75, 3.05) is 12.8 Å². The van der Waals surface area contributed by atoms with Crippen molar-refractivity contribution in [3.05, 3.63) is 29.3 Å². The number of hydrogen-bond acceptors (Lipinski definition) is 5. The van der Waals surface area contributed by atoms with E-state index in [-0.39, 0.29) is 18.4 Å². The third-order valence-corrected chi connectivity index (χ3v) is 3.27. The van der Waals surface area contributed by atoms with Gasteiger partial charge in [0.1, 0.15) is 12.3 Å². The molecular weight excluding hydrogens is 286 g/mol. The highest BCUT2D eigenvalue weighted by molar-refractivity contribution is 6.04. The lowest BCUT2D eigenvalue weighted by atomic mass is 10.0. The van der Waals surface area contributed by atoms with Crippen molar-refractivity contribution in [1.82, 2.24) is 10.2 Å². The van der Waals surface area contributed by atoms with Crippen molar-refractivity contribution in [2.24, 2.45) is 0 Å². The van der Waals surface area contributed by atoms with Crippen LogP contribution in [0.5, 0.6) is 0 Å². The van der Waals surface area contributed by atoms with E-state index in [2.05, 4.69) is 5.32 Å². The van der Waals surface area contributed by atoms with Crippen LogP contribution >= 0.6 is 0 Å². The Balaban J connectivity index is 3.14. The molecule has 0 aliphatic heterocycles. The Morgan fingerprint density at radius 2 is 2.05 bits per heavy atom. The van der Waals surface area contributed by atoms with E-state index in [9.17, 15) is 19.2 Å². The zero-order valence-electron chi connectivity index (χ0n) is 12.5. The molecule has 0 aromatic heterocycles. The topological polar surface area (TPSA) is 110 Å². The first kappa shape index (κ1) is 17.4. The van der Waals surface area contributed by atoms with Gasteiger partial charge in [-0.25, -0.2) is 0 Å². The Labute approximate surface area is 128 Å². The van der Waals surface area contributed by atoms with Crippen molar-refractivity contribution in [3.63, 3.8) is 0 Å². The van der Waals surface area contributed by atoms with Crippen LogP contribution in [0, 0.1) is 6.92 Å². The molecule has 1 aromatic carbocycles. The van der Waals surface area contributed by atoms with Gasteiger partial charge in [0, 0.05) is 24.7 Å². The monoisotopic (exact) mass is 305 g/mol. The Hall–Kier alpha value is -2.70. The van der Waals surface area contributed by atoms with E-state index in [4.69, 9.17) is 5.73 Å². The summed E-state index contributed by atoms with van der Waals surface area (Å²) in [5.74, 6) is -1.11. The maximum atomic E-state index is 12.5. The summed E-state index contributed by atoms with van der Waals surface area (Å²) in [5.41, 5.74) is 7.01. The molecule has 1 atom stereocenters. The maximum Gasteiger partial charge on any atom is 0.261 e. The number of hydrogen-bond donors (Lipinski definition) is 2. The first-order valence-corrected chi connectivity index (χ1v) is 6.75. The first-order valence-electron chi connectivity index (χ1n) is 6.75. The average molecular weight is 305 g/mol. The lowest BCUT2D eigenvalue weighted by Crippen LogP contribution is -2.48. The van der Waals surface area contributed by atoms with Gasteiger partial charge in [-0.3, -0.25) is 19.3 Å². The second-order valence-corrected chi connectivity index (χ2v) is 4.77. The third-order valence-electron chi connectivity index (χ3n) is 3.27. The van der Waals surface area contributed by atoms with Gasteiger partial charge >= 0.3 is 0 Å². The van der Waals surface area contributed by atoms with Crippen LogP contribution in [0.1, 0.15) is 28.8 Å². The molecule has 1 aromatic rings. The highest BCUT2D eigenvalue weighted by Gasteiger charge is 2.30. The summed E-state index contributed by atoms with van der Waals surface area (Å²) in [6, 6.07) is 3.63. The van der Waals surface area contributed by atoms with Crippen molar-refractivity contribution >= 4 is 30.2 Å². The fourth-order valence-electron chi connectivity index (χ4n) is 2.12. The average Bonchev–Trinajstić information content (AvgIpc) is 2.50. The van der Waals surface area contributed by atoms with Gasteiger partial charge in [0.25, 0.3) is 5.91 Å². The molecule has 3 amide bonds. The van der Waals surface area contributed by atoms with Crippen LogP contribution in [0.15, 0.2) is 18.2 Å². The van der Waals surface area contributed by atoms with E-state index < -0.39 is 17.9 Å². The summed E-state index contributed by atoms with van der Waals surface area (Å²) < 4.78 is 0. The molecule has 0 spiro atoms. The number of amides is 3. The summed E-state index contributed by atoms with van der Waals surface area (Å²) in [4.78, 5) is 47.1. The molecule has 3 N–H and O–H groups in total. The van der Waals surface area contributed by atoms with Crippen molar-refractivity contribution in [2.45, 2.75) is 25.8 Å². The molecule has 0 fully saturated rings. The second kappa shape index (κ2) is 7.92. The van der Waals surface area contributed by atoms with Gasteiger partial charge in [-0.2, -0.15) is 0 Å². The smallest absolute Gasteiger partial charge is 0.261 e. The zero-order valence-corrected chi connectivity index (χ0v) is 12.5. The van der Waals surface area contributed by atoms with Crippen molar-refractivity contribution in [3.8, 4) is 0 Å². The molecule has 0 bridgehead atoms. The van der Waals surface area contributed by atoms with Crippen molar-refractivity contribution < 1.29 is 19.2 Å². The Bertz CT molecular complexity index is 586. The van der Waals surface area contributed by atoms with Crippen LogP contribution in [-0.2, 0) is 14.4 Å². The first-order chi connectivity index (χ1) is 10.5. The minimum Gasteiger partial charge on any atom is -0.399 e. The quantitative estimate of drug-likeness (QED) is 0.555. The number of nitrogens with zero attached hydrogens (tertiary/aromatic N) is 1. The van der Waals surface area contributed by atoms with E-state index in [1.54, 1.807) is 19.1 Å². The number of rotatable bonds is 7. The number of likely N-dealkylation sites (N-methyl/N-ethyl adjacent to an activating group) is 1. The van der Waals surface area contributed by atoms with E-state index >= 15 is 0 Å². The molecule has 1 unspecified atom stereocenters. The Morgan fingerprint density at radius 1 is 1.36 bits per heavy atom. The molecule has 0 heterocycles. The van der Waals surface area contributed by atoms with Crippen LogP contribution in [-0.4, -0.2) is 42.5 Å². The molecule has 0 radical (unpaired) electrons. The third kappa shape index (κ3) is 3.91. The molecule has 22 heavy (non-hydrogen) atoms. The van der Waals surface area contributed by atoms with Gasteiger partial charge < -0.3 is 15.8 Å². The van der Waals surface area contributed by atoms with E-state index in [1.807, 2.05) is 0 Å². The SMILES string of the molecule is CNC(=O)C(CCC=O)N(C=O)C(=O)c1ccc(N)cc1C. The summed E-state index contributed by atoms with van der Waals surface area (Å²) in [5, 5.41) is 2.39. The molecule has 0 saturated carbocycles. The number of nitrogen functional groups attached to an aromatic ring is 1. The fraction of sp³-hybridized carbons (Fsp3) is 0.333. The molecule has 0 aliphatic rings. The molecule has 118 valence electrons. The molecule has 0 aliphatic carbocycles. The lowest BCUT2D eigenvalue weighted by Gasteiger charge is -2.25. The molecule has 1 rings (SSSR count). The maximum absolute atomic E-state index is 12.5. The van der Waals surface area contributed by atoms with Gasteiger partial charge in [0.15, 0.2) is 0 Å². The summed E-state index contributed by atoms with van der Waals surface area (Å²) in [7, 11) is 1.40. The largest absolute Gasteiger partial charge is 0.399 e. The highest BCUT2D eigenvalue weighted by atomic mass is 16.2. The van der Waals surface area contributed by atoms with E-state index in [0.29, 0.717) is 23.9 Å². The zero-order chi connectivity index (χ0) is 16.7. The molecule has 0 saturated heterocycles. The van der Waals surface area contributed by atoms with Crippen LogP contribution < -0.4 is 11.1 Å². The number of benzene rings is 1. The van der Waals surface area contributed by atoms with Gasteiger partial charge in [0.2, 0.25) is 12.3 Å². The predicted molar refractivity (Wildman–Crippen MR) is 81.0 cm³/mol. The van der Waals surface area contributed by atoms with Crippen LogP contribution in [0.25, 0.3) is 0 Å². The number of aryl methyl sites for hydroxylation is 1. The van der Waals surface area contributed by atoms with E-state index in [1.165, 1.54) is 13.1 Å². The van der Waals surface area contributed by atoms with Gasteiger partial charge in [-0.05, 0) is 37.1 Å². The standard InChI is InChI=1S/C15H19N3O4/c1-10-8-11(16)5-6-12(10)15(22)18(9-20)13(4-3-7-19)14(21)17-2/h5-9,13H,3-4,16H2,1-2H3,(H,17,21). The van der Waals surface area contributed by atoms with E-state index in [0.717, 1.165) is 4.90 Å². The fourth-order valence-corrected chi connectivity index (χ4v) is 2.12. The van der Waals surface area contributed by atoms with Crippen LogP contribution in [0.4, 0.5) is 5.69 Å². The molecule has 7 nitrogen and oxygen atoms in total. The summed E-state index contributed by atoms with van der Waals surface area (Å²) in [6.07, 6.45) is 1.08. The number of anilines is 1. The van der Waals surface area contributed by atoms with Gasteiger partial charge in [0.05, 0.1) is 0 Å². The summed E-state index contributed by atoms with van der Waals surface area (Å²) >= 11 is 0. The van der Waals surface area contributed by atoms with Crippen molar-refractivity contribution in [1.29, 1.82) is 0 Å². The molecule has 7 heteroatoms. The summed E-state index contributed by atoms with van der Waals surface area (Å²) in [6.45, 7) is 1.69. The van der Waals surface area contributed by atoms with Crippen LogP contribution in [0.3, 0.4) is 0 Å². The number of carbonyl (C=O) groups is 4.